The fourth-order valence-corrected chi connectivity index (χ4v) is 4.24. The van der Waals surface area contributed by atoms with E-state index in [2.05, 4.69) is 6.07 Å². The molecule has 3 atom stereocenters. The minimum atomic E-state index is -0.913. The van der Waals surface area contributed by atoms with E-state index >= 15 is 0 Å². The summed E-state index contributed by atoms with van der Waals surface area (Å²) in [5.74, 6) is -1.56. The van der Waals surface area contributed by atoms with Crippen molar-refractivity contribution in [1.29, 1.82) is 0 Å². The monoisotopic (exact) mass is 404 g/mol. The van der Waals surface area contributed by atoms with E-state index in [0.29, 0.717) is 12.8 Å². The predicted molar refractivity (Wildman–Crippen MR) is 115 cm³/mol. The first kappa shape index (κ1) is 23.4. The number of rotatable bonds is 9. The Morgan fingerprint density at radius 1 is 1.24 bits per heavy atom. The normalized spacial score (nSPS) is 17.6. The number of para-hydroxylation sites is 1. The highest BCUT2D eigenvalue weighted by Crippen LogP contribution is 2.33. The molecule has 1 aromatic rings. The third kappa shape index (κ3) is 6.28. The largest absolute Gasteiger partial charge is 0.481 e. The van der Waals surface area contributed by atoms with Gasteiger partial charge in [-0.2, -0.15) is 0 Å². The summed E-state index contributed by atoms with van der Waals surface area (Å²) in [5.41, 5.74) is 8.00. The molecule has 2 rings (SSSR count). The Kier molecular flexibility index (Phi) is 7.83. The van der Waals surface area contributed by atoms with Crippen molar-refractivity contribution in [2.45, 2.75) is 71.9 Å². The molecule has 4 N–H and O–H groups in total. The minimum Gasteiger partial charge on any atom is -0.481 e. The number of aliphatic carboxylic acids is 1. The van der Waals surface area contributed by atoms with E-state index in [0.717, 1.165) is 25.1 Å². The first-order chi connectivity index (χ1) is 13.5. The number of benzene rings is 1. The molecule has 1 aliphatic rings. The van der Waals surface area contributed by atoms with E-state index in [-0.39, 0.29) is 18.2 Å². The van der Waals surface area contributed by atoms with Crippen LogP contribution in [0.2, 0.25) is 0 Å². The molecule has 0 bridgehead atoms. The second kappa shape index (κ2) is 9.72. The zero-order valence-electron chi connectivity index (χ0n) is 18.1. The van der Waals surface area contributed by atoms with E-state index in [1.165, 1.54) is 5.56 Å². The molecule has 0 saturated heterocycles. The SMILES string of the molecule is CC(C)C(C[C@H](O)[C@@H](N)CC(C)(C)CC(=O)N1CCCc2ccccc21)C(=O)O. The van der Waals surface area contributed by atoms with Crippen LogP contribution in [-0.2, 0) is 16.0 Å². The molecule has 162 valence electrons. The molecule has 0 fully saturated rings. The van der Waals surface area contributed by atoms with Gasteiger partial charge in [-0.3, -0.25) is 9.59 Å². The number of carbonyl (C=O) groups excluding carboxylic acids is 1. The van der Waals surface area contributed by atoms with Crippen molar-refractivity contribution in [1.82, 2.24) is 0 Å². The van der Waals surface area contributed by atoms with Crippen LogP contribution in [0.25, 0.3) is 0 Å². The molecule has 0 spiro atoms. The molecule has 1 aliphatic heterocycles. The Balaban J connectivity index is 1.98. The minimum absolute atomic E-state index is 0.0643. The molecular weight excluding hydrogens is 368 g/mol. The maximum atomic E-state index is 13.0. The van der Waals surface area contributed by atoms with Gasteiger partial charge in [-0.05, 0) is 48.6 Å². The maximum absolute atomic E-state index is 13.0. The van der Waals surface area contributed by atoms with Crippen LogP contribution in [-0.4, -0.2) is 40.8 Å². The summed E-state index contributed by atoms with van der Waals surface area (Å²) in [7, 11) is 0. The molecule has 0 saturated carbocycles. The average molecular weight is 405 g/mol. The molecule has 6 nitrogen and oxygen atoms in total. The molecule has 29 heavy (non-hydrogen) atoms. The first-order valence-corrected chi connectivity index (χ1v) is 10.6. The molecule has 1 heterocycles. The Morgan fingerprint density at radius 3 is 2.52 bits per heavy atom. The molecule has 1 unspecified atom stereocenters. The third-order valence-electron chi connectivity index (χ3n) is 5.94. The molecule has 1 aromatic carbocycles. The Morgan fingerprint density at radius 2 is 1.90 bits per heavy atom. The average Bonchev–Trinajstić information content (AvgIpc) is 2.63. The number of hydrogen-bond acceptors (Lipinski definition) is 4. The Bertz CT molecular complexity index is 717. The highest BCUT2D eigenvalue weighted by molar-refractivity contribution is 5.94. The maximum Gasteiger partial charge on any atom is 0.306 e. The van der Waals surface area contributed by atoms with Gasteiger partial charge in [0.1, 0.15) is 0 Å². The van der Waals surface area contributed by atoms with Gasteiger partial charge in [0.2, 0.25) is 5.91 Å². The van der Waals surface area contributed by atoms with Crippen LogP contribution in [0.1, 0.15) is 58.9 Å². The number of aliphatic hydroxyl groups is 1. The van der Waals surface area contributed by atoms with Gasteiger partial charge >= 0.3 is 5.97 Å². The van der Waals surface area contributed by atoms with Crippen molar-refractivity contribution in [2.75, 3.05) is 11.4 Å². The third-order valence-corrected chi connectivity index (χ3v) is 5.94. The van der Waals surface area contributed by atoms with Crippen LogP contribution < -0.4 is 10.6 Å². The number of amides is 1. The zero-order chi connectivity index (χ0) is 21.8. The van der Waals surface area contributed by atoms with Crippen LogP contribution >= 0.6 is 0 Å². The van der Waals surface area contributed by atoms with Crippen molar-refractivity contribution in [2.24, 2.45) is 23.0 Å². The van der Waals surface area contributed by atoms with Gasteiger partial charge in [-0.25, -0.2) is 0 Å². The topological polar surface area (TPSA) is 104 Å². The van der Waals surface area contributed by atoms with E-state index in [1.54, 1.807) is 0 Å². The number of aryl methyl sites for hydroxylation is 1. The van der Waals surface area contributed by atoms with Crippen LogP contribution in [0.5, 0.6) is 0 Å². The summed E-state index contributed by atoms with van der Waals surface area (Å²) in [5, 5.41) is 19.8. The molecule has 0 radical (unpaired) electrons. The van der Waals surface area contributed by atoms with E-state index in [9.17, 15) is 19.8 Å². The van der Waals surface area contributed by atoms with Gasteiger partial charge in [0.25, 0.3) is 0 Å². The fraction of sp³-hybridized carbons (Fsp3) is 0.652. The van der Waals surface area contributed by atoms with Gasteiger partial charge in [0.05, 0.1) is 12.0 Å². The predicted octanol–water partition coefficient (Wildman–Crippen LogP) is 3.21. The van der Waals surface area contributed by atoms with Crippen molar-refractivity contribution < 1.29 is 19.8 Å². The van der Waals surface area contributed by atoms with Crippen molar-refractivity contribution in [3.63, 3.8) is 0 Å². The number of anilines is 1. The standard InChI is InChI=1S/C23H36N2O4/c1-15(2)17(22(28)29)12-20(26)18(24)13-23(3,4)14-21(27)25-11-7-9-16-8-5-6-10-19(16)25/h5-6,8,10,15,17-18,20,26H,7,9,11-14,24H2,1-4H3,(H,28,29)/t17?,18-,20-/m0/s1. The lowest BCUT2D eigenvalue weighted by atomic mass is 9.79. The number of hydrogen-bond donors (Lipinski definition) is 3. The lowest BCUT2D eigenvalue weighted by Gasteiger charge is -2.35. The van der Waals surface area contributed by atoms with Gasteiger partial charge in [-0.15, -0.1) is 0 Å². The van der Waals surface area contributed by atoms with Crippen LogP contribution in [0.3, 0.4) is 0 Å². The fourth-order valence-electron chi connectivity index (χ4n) is 4.24. The number of nitrogens with two attached hydrogens (primary N) is 1. The highest BCUT2D eigenvalue weighted by atomic mass is 16.4. The van der Waals surface area contributed by atoms with Gasteiger partial charge in [0, 0.05) is 24.7 Å². The summed E-state index contributed by atoms with van der Waals surface area (Å²) in [6.45, 7) is 8.33. The molecule has 6 heteroatoms. The van der Waals surface area contributed by atoms with Crippen LogP contribution in [0, 0.1) is 17.3 Å². The highest BCUT2D eigenvalue weighted by Gasteiger charge is 2.33. The quantitative estimate of drug-likeness (QED) is 0.586. The van der Waals surface area contributed by atoms with Gasteiger partial charge in [0.15, 0.2) is 0 Å². The number of aliphatic hydroxyl groups excluding tert-OH is 1. The van der Waals surface area contributed by atoms with Gasteiger partial charge < -0.3 is 20.8 Å². The van der Waals surface area contributed by atoms with Crippen molar-refractivity contribution >= 4 is 17.6 Å². The number of nitrogens with zero attached hydrogens (tertiary/aromatic N) is 1. The number of carboxylic acid groups (broad SMARTS) is 1. The summed E-state index contributed by atoms with van der Waals surface area (Å²) >= 11 is 0. The number of fused-ring (bicyclic) bond motifs is 1. The first-order valence-electron chi connectivity index (χ1n) is 10.6. The second-order valence-electron chi connectivity index (χ2n) is 9.48. The zero-order valence-corrected chi connectivity index (χ0v) is 18.1. The Labute approximate surface area is 174 Å². The van der Waals surface area contributed by atoms with E-state index in [1.807, 2.05) is 50.8 Å². The van der Waals surface area contributed by atoms with Gasteiger partial charge in [-0.1, -0.05) is 45.9 Å². The summed E-state index contributed by atoms with van der Waals surface area (Å²) in [6, 6.07) is 7.44. The number of carboxylic acids is 1. The van der Waals surface area contributed by atoms with Crippen LogP contribution in [0.15, 0.2) is 24.3 Å². The molecule has 0 aliphatic carbocycles. The van der Waals surface area contributed by atoms with Crippen molar-refractivity contribution in [3.8, 4) is 0 Å². The Hall–Kier alpha value is -1.92. The van der Waals surface area contributed by atoms with E-state index in [4.69, 9.17) is 5.73 Å². The van der Waals surface area contributed by atoms with Crippen molar-refractivity contribution in [3.05, 3.63) is 29.8 Å². The summed E-state index contributed by atoms with van der Waals surface area (Å²) < 4.78 is 0. The summed E-state index contributed by atoms with van der Waals surface area (Å²) in [6.07, 6.45) is 1.92. The van der Waals surface area contributed by atoms with E-state index < -0.39 is 29.4 Å². The molecule has 1 amide bonds. The van der Waals surface area contributed by atoms with Crippen LogP contribution in [0.4, 0.5) is 5.69 Å². The smallest absolute Gasteiger partial charge is 0.306 e. The molecule has 0 aromatic heterocycles. The summed E-state index contributed by atoms with van der Waals surface area (Å²) in [4.78, 5) is 26.3. The lowest BCUT2D eigenvalue weighted by Crippen LogP contribution is -2.43. The molecular formula is C23H36N2O4. The second-order valence-corrected chi connectivity index (χ2v) is 9.48. The lowest BCUT2D eigenvalue weighted by molar-refractivity contribution is -0.144. The number of carbonyl (C=O) groups is 2.